The summed E-state index contributed by atoms with van der Waals surface area (Å²) in [6.07, 6.45) is 0. The van der Waals surface area contributed by atoms with Gasteiger partial charge in [-0.25, -0.2) is 0 Å². The maximum Gasteiger partial charge on any atom is 0.165 e. The molecule has 138 valence electrons. The molecule has 0 bridgehead atoms. The van der Waals surface area contributed by atoms with E-state index in [-0.39, 0.29) is 0 Å². The average Bonchev–Trinajstić information content (AvgIpc) is 2.70. The number of nitrogens with one attached hydrogen (secondary N) is 1. The van der Waals surface area contributed by atoms with Gasteiger partial charge in [-0.3, -0.25) is 4.90 Å². The first-order chi connectivity index (χ1) is 12.9. The van der Waals surface area contributed by atoms with Crippen molar-refractivity contribution in [2.75, 3.05) is 39.5 Å². The first-order valence-electron chi connectivity index (χ1n) is 9.34. The Morgan fingerprint density at radius 3 is 2.42 bits per heavy atom. The number of fused-ring (bicyclic) bond motifs is 1. The van der Waals surface area contributed by atoms with Gasteiger partial charge in [0.1, 0.15) is 13.2 Å². The molecule has 26 heavy (non-hydrogen) atoms. The van der Waals surface area contributed by atoms with Gasteiger partial charge in [0.15, 0.2) is 11.5 Å². The maximum atomic E-state index is 5.77. The Balaban J connectivity index is 1.28. The minimum atomic E-state index is 0.620. The van der Waals surface area contributed by atoms with Gasteiger partial charge >= 0.3 is 0 Å². The number of rotatable bonds is 6. The summed E-state index contributed by atoms with van der Waals surface area (Å²) in [4.78, 5) is 2.44. The van der Waals surface area contributed by atoms with Crippen molar-refractivity contribution in [3.63, 3.8) is 0 Å². The molecule has 0 atom stereocenters. The normalized spacial score (nSPS) is 17.2. The molecule has 4 rings (SSSR count). The van der Waals surface area contributed by atoms with Crippen molar-refractivity contribution in [1.29, 1.82) is 0 Å². The van der Waals surface area contributed by atoms with E-state index in [2.05, 4.69) is 40.5 Å². The molecule has 0 saturated carbocycles. The van der Waals surface area contributed by atoms with Crippen LogP contribution in [0.2, 0.25) is 0 Å². The number of morpholine rings is 1. The topological polar surface area (TPSA) is 43.0 Å². The van der Waals surface area contributed by atoms with E-state index in [1.807, 2.05) is 12.1 Å². The zero-order chi connectivity index (χ0) is 17.6. The van der Waals surface area contributed by atoms with E-state index in [0.29, 0.717) is 13.2 Å². The molecule has 1 fully saturated rings. The van der Waals surface area contributed by atoms with Crippen molar-refractivity contribution in [1.82, 2.24) is 10.2 Å². The Hall–Kier alpha value is -2.08. The SMILES string of the molecule is c1cc(CNCc2ccc(CN3CCOCC3)cc2)c2c(c1)OCCO2. The summed E-state index contributed by atoms with van der Waals surface area (Å²) in [6.45, 7) is 7.59. The Labute approximate surface area is 154 Å². The lowest BCUT2D eigenvalue weighted by Crippen LogP contribution is -2.35. The molecule has 0 unspecified atom stereocenters. The molecule has 1 N–H and O–H groups in total. The highest BCUT2D eigenvalue weighted by Gasteiger charge is 2.15. The molecule has 0 aromatic heterocycles. The number of hydrogen-bond acceptors (Lipinski definition) is 5. The van der Waals surface area contributed by atoms with Crippen LogP contribution < -0.4 is 14.8 Å². The fourth-order valence-electron chi connectivity index (χ4n) is 3.39. The predicted octanol–water partition coefficient (Wildman–Crippen LogP) is 2.58. The number of nitrogens with zero attached hydrogens (tertiary/aromatic N) is 1. The van der Waals surface area contributed by atoms with Gasteiger partial charge in [0.25, 0.3) is 0 Å². The van der Waals surface area contributed by atoms with Crippen LogP contribution in [0.5, 0.6) is 11.5 Å². The summed E-state index contributed by atoms with van der Waals surface area (Å²) in [5.74, 6) is 1.73. The molecule has 5 nitrogen and oxygen atoms in total. The van der Waals surface area contributed by atoms with Gasteiger partial charge in [-0.1, -0.05) is 36.4 Å². The second-order valence-electron chi connectivity index (χ2n) is 6.75. The second kappa shape index (κ2) is 8.54. The van der Waals surface area contributed by atoms with E-state index in [1.165, 1.54) is 11.1 Å². The highest BCUT2D eigenvalue weighted by Crippen LogP contribution is 2.33. The minimum Gasteiger partial charge on any atom is -0.486 e. The minimum absolute atomic E-state index is 0.620. The molecular weight excluding hydrogens is 328 g/mol. The molecular formula is C21H26N2O3. The summed E-state index contributed by atoms with van der Waals surface area (Å²) < 4.78 is 16.8. The third-order valence-corrected chi connectivity index (χ3v) is 4.83. The highest BCUT2D eigenvalue weighted by molar-refractivity contribution is 5.47. The standard InChI is InChI=1S/C21H26N2O3/c1-2-19(21-20(3-1)25-12-13-26-21)15-22-14-17-4-6-18(7-5-17)16-23-8-10-24-11-9-23/h1-7,22H,8-16H2. The number of benzene rings is 2. The third kappa shape index (κ3) is 4.36. The molecule has 0 amide bonds. The maximum absolute atomic E-state index is 5.77. The first kappa shape index (κ1) is 17.3. The number of para-hydroxylation sites is 1. The molecule has 2 aliphatic heterocycles. The summed E-state index contributed by atoms with van der Waals surface area (Å²) in [7, 11) is 0. The molecule has 0 spiro atoms. The monoisotopic (exact) mass is 354 g/mol. The van der Waals surface area contributed by atoms with Crippen LogP contribution in [0, 0.1) is 0 Å². The van der Waals surface area contributed by atoms with Crippen molar-refractivity contribution < 1.29 is 14.2 Å². The predicted molar refractivity (Wildman–Crippen MR) is 101 cm³/mol. The van der Waals surface area contributed by atoms with Gasteiger partial charge in [0.05, 0.1) is 13.2 Å². The van der Waals surface area contributed by atoms with Crippen molar-refractivity contribution in [3.05, 3.63) is 59.2 Å². The van der Waals surface area contributed by atoms with E-state index in [0.717, 1.165) is 63.0 Å². The van der Waals surface area contributed by atoms with Crippen LogP contribution in [0.4, 0.5) is 0 Å². The van der Waals surface area contributed by atoms with Crippen molar-refractivity contribution in [2.45, 2.75) is 19.6 Å². The lowest BCUT2D eigenvalue weighted by Gasteiger charge is -2.26. The fourth-order valence-corrected chi connectivity index (χ4v) is 3.39. The zero-order valence-electron chi connectivity index (χ0n) is 15.1. The summed E-state index contributed by atoms with van der Waals surface area (Å²) >= 11 is 0. The van der Waals surface area contributed by atoms with Crippen LogP contribution in [0.25, 0.3) is 0 Å². The van der Waals surface area contributed by atoms with E-state index < -0.39 is 0 Å². The molecule has 1 saturated heterocycles. The van der Waals surface area contributed by atoms with Crippen molar-refractivity contribution in [2.24, 2.45) is 0 Å². The Morgan fingerprint density at radius 1 is 0.808 bits per heavy atom. The van der Waals surface area contributed by atoms with Crippen LogP contribution in [0.15, 0.2) is 42.5 Å². The van der Waals surface area contributed by atoms with Gasteiger partial charge in [-0.2, -0.15) is 0 Å². The van der Waals surface area contributed by atoms with Gasteiger partial charge in [-0.15, -0.1) is 0 Å². The van der Waals surface area contributed by atoms with Gasteiger partial charge < -0.3 is 19.5 Å². The summed E-state index contributed by atoms with van der Waals surface area (Å²) in [5, 5.41) is 3.51. The Kier molecular flexibility index (Phi) is 5.69. The average molecular weight is 354 g/mol. The van der Waals surface area contributed by atoms with E-state index >= 15 is 0 Å². The lowest BCUT2D eigenvalue weighted by molar-refractivity contribution is 0.0342. The van der Waals surface area contributed by atoms with Crippen LogP contribution in [-0.4, -0.2) is 44.4 Å². The molecule has 2 heterocycles. The third-order valence-electron chi connectivity index (χ3n) is 4.83. The lowest BCUT2D eigenvalue weighted by atomic mass is 10.1. The number of ether oxygens (including phenoxy) is 3. The molecule has 5 heteroatoms. The summed E-state index contributed by atoms with van der Waals surface area (Å²) in [5.41, 5.74) is 3.79. The fraction of sp³-hybridized carbons (Fsp3) is 0.429. The zero-order valence-corrected chi connectivity index (χ0v) is 15.1. The quantitative estimate of drug-likeness (QED) is 0.864. The Morgan fingerprint density at radius 2 is 1.58 bits per heavy atom. The van der Waals surface area contributed by atoms with Crippen molar-refractivity contribution >= 4 is 0 Å². The van der Waals surface area contributed by atoms with Crippen LogP contribution in [0.3, 0.4) is 0 Å². The van der Waals surface area contributed by atoms with Crippen molar-refractivity contribution in [3.8, 4) is 11.5 Å². The second-order valence-corrected chi connectivity index (χ2v) is 6.75. The Bertz CT molecular complexity index is 712. The van der Waals surface area contributed by atoms with E-state index in [4.69, 9.17) is 14.2 Å². The van der Waals surface area contributed by atoms with Crippen LogP contribution in [-0.2, 0) is 24.4 Å². The van der Waals surface area contributed by atoms with E-state index in [1.54, 1.807) is 0 Å². The summed E-state index contributed by atoms with van der Waals surface area (Å²) in [6, 6.07) is 15.0. The van der Waals surface area contributed by atoms with Crippen LogP contribution >= 0.6 is 0 Å². The van der Waals surface area contributed by atoms with Crippen LogP contribution in [0.1, 0.15) is 16.7 Å². The largest absolute Gasteiger partial charge is 0.486 e. The first-order valence-corrected chi connectivity index (χ1v) is 9.34. The molecule has 2 aromatic carbocycles. The molecule has 2 aliphatic rings. The van der Waals surface area contributed by atoms with Gasteiger partial charge in [0, 0.05) is 38.3 Å². The smallest absolute Gasteiger partial charge is 0.165 e. The number of hydrogen-bond donors (Lipinski definition) is 1. The molecule has 0 aliphatic carbocycles. The molecule has 0 radical (unpaired) electrons. The van der Waals surface area contributed by atoms with E-state index in [9.17, 15) is 0 Å². The van der Waals surface area contributed by atoms with Gasteiger partial charge in [-0.05, 0) is 17.2 Å². The highest BCUT2D eigenvalue weighted by atomic mass is 16.6. The van der Waals surface area contributed by atoms with Gasteiger partial charge in [0.2, 0.25) is 0 Å². The molecule has 2 aromatic rings.